The number of esters is 2. The van der Waals surface area contributed by atoms with E-state index in [0.717, 1.165) is 50.1 Å². The summed E-state index contributed by atoms with van der Waals surface area (Å²) in [5.41, 5.74) is 7.96. The average Bonchev–Trinajstić information content (AvgIpc) is 3.97. The lowest BCUT2D eigenvalue weighted by Gasteiger charge is -2.47. The summed E-state index contributed by atoms with van der Waals surface area (Å²) < 4.78 is 76.3. The van der Waals surface area contributed by atoms with Crippen LogP contribution < -0.4 is 32.9 Å². The Kier molecular flexibility index (Phi) is 15.0. The van der Waals surface area contributed by atoms with E-state index in [1.165, 1.54) is 58.2 Å². The summed E-state index contributed by atoms with van der Waals surface area (Å²) in [6, 6.07) is 19.1. The van der Waals surface area contributed by atoms with Crippen molar-refractivity contribution < 1.29 is 55.9 Å². The number of fused-ring (bicyclic) bond motifs is 5. The first-order valence-electron chi connectivity index (χ1n) is 24.3. The minimum absolute atomic E-state index is 0.0852. The van der Waals surface area contributed by atoms with Gasteiger partial charge >= 0.3 is 11.9 Å². The minimum atomic E-state index is -3.64. The number of ether oxygens (including phenoxy) is 8. The quantitative estimate of drug-likeness (QED) is 0.0933. The predicted molar refractivity (Wildman–Crippen MR) is 277 cm³/mol. The zero-order chi connectivity index (χ0) is 51.8. The van der Waals surface area contributed by atoms with Crippen molar-refractivity contribution in [1.82, 2.24) is 4.98 Å². The molecule has 4 aromatic carbocycles. The molecule has 0 spiro atoms. The number of hydrogen-bond acceptors (Lipinski definition) is 13. The van der Waals surface area contributed by atoms with E-state index in [9.17, 15) is 18.0 Å². The SMILES string of the molecule is CC#Cc1c(C)c(N2CCc3c([nH]c4ccc(OC)cc34)C(Oc3ccc(C(C)(C)C)cc3)C[C@H]3[C@H](C[C@@H](OC(=O)c4cc(OC)c(OC)c(OC)c4)[C@H](OC)[C@H]3C(=O)OC)C2)cc2c1CCN2S(C)(=O)=O. The zero-order valence-corrected chi connectivity index (χ0v) is 44.2. The number of methoxy groups -OCH3 is 6. The summed E-state index contributed by atoms with van der Waals surface area (Å²) in [5, 5.41) is 0.964. The molecular formula is C56H67N3O12S. The number of nitrogens with zero attached hydrogens (tertiary/aromatic N) is 2. The lowest BCUT2D eigenvalue weighted by Crippen LogP contribution is -2.55. The number of anilines is 2. The van der Waals surface area contributed by atoms with Gasteiger partial charge < -0.3 is 47.8 Å². The first kappa shape index (κ1) is 51.8. The van der Waals surface area contributed by atoms with Gasteiger partial charge in [0.25, 0.3) is 0 Å². The number of benzene rings is 4. The smallest absolute Gasteiger partial charge is 0.338 e. The highest BCUT2D eigenvalue weighted by atomic mass is 32.2. The molecule has 3 aliphatic rings. The van der Waals surface area contributed by atoms with E-state index >= 15 is 0 Å². The molecule has 1 aromatic heterocycles. The van der Waals surface area contributed by atoms with Crippen molar-refractivity contribution >= 4 is 44.2 Å². The number of H-pyrrole nitrogens is 1. The minimum Gasteiger partial charge on any atom is -0.497 e. The second-order valence-corrected chi connectivity index (χ2v) is 21.8. The second-order valence-electron chi connectivity index (χ2n) is 19.9. The average molecular weight is 1010 g/mol. The number of rotatable bonds is 12. The van der Waals surface area contributed by atoms with E-state index < -0.39 is 52.1 Å². The molecule has 15 nitrogen and oxygen atoms in total. The van der Waals surface area contributed by atoms with Crippen LogP contribution in [0, 0.1) is 36.5 Å². The lowest BCUT2D eigenvalue weighted by molar-refractivity contribution is -0.171. The lowest BCUT2D eigenvalue weighted by atomic mass is 9.66. The number of carbonyl (C=O) groups is 2. The molecule has 16 heteroatoms. The molecule has 1 unspecified atom stereocenters. The number of hydrogen-bond donors (Lipinski definition) is 1. The van der Waals surface area contributed by atoms with Crippen molar-refractivity contribution in [2.45, 2.75) is 84.0 Å². The van der Waals surface area contributed by atoms with Crippen LogP contribution in [0.4, 0.5) is 11.4 Å². The summed E-state index contributed by atoms with van der Waals surface area (Å²) in [6.07, 6.45) is 0.372. The number of aromatic nitrogens is 1. The first-order chi connectivity index (χ1) is 34.4. The van der Waals surface area contributed by atoms with Crippen LogP contribution in [0.15, 0.2) is 60.7 Å². The molecule has 2 aliphatic heterocycles. The van der Waals surface area contributed by atoms with Crippen LogP contribution >= 0.6 is 0 Å². The predicted octanol–water partition coefficient (Wildman–Crippen LogP) is 8.74. The fraction of sp³-hybridized carbons (Fsp3) is 0.464. The largest absolute Gasteiger partial charge is 0.497 e. The summed E-state index contributed by atoms with van der Waals surface area (Å²) in [7, 11) is 5.29. The van der Waals surface area contributed by atoms with Crippen LogP contribution in [0.3, 0.4) is 0 Å². The molecule has 8 rings (SSSR count). The number of sulfonamides is 1. The number of aromatic amines is 1. The Morgan fingerprint density at radius 3 is 2.08 bits per heavy atom. The zero-order valence-electron chi connectivity index (χ0n) is 43.4. The third-order valence-corrected chi connectivity index (χ3v) is 15.9. The third kappa shape index (κ3) is 9.97. The van der Waals surface area contributed by atoms with Crippen molar-refractivity contribution in [3.05, 3.63) is 99.7 Å². The van der Waals surface area contributed by atoms with Crippen LogP contribution in [0.2, 0.25) is 0 Å². The monoisotopic (exact) mass is 1010 g/mol. The van der Waals surface area contributed by atoms with E-state index in [0.29, 0.717) is 61.8 Å². The van der Waals surface area contributed by atoms with Gasteiger partial charge in [-0.2, -0.15) is 0 Å². The summed E-state index contributed by atoms with van der Waals surface area (Å²) in [4.78, 5) is 35.2. The normalized spacial score (nSPS) is 21.1. The molecule has 0 radical (unpaired) electrons. The molecule has 0 bridgehead atoms. The summed E-state index contributed by atoms with van der Waals surface area (Å²) in [5.74, 6) is 5.60. The maximum Gasteiger partial charge on any atom is 0.338 e. The fourth-order valence-corrected chi connectivity index (χ4v) is 12.1. The topological polar surface area (TPSA) is 164 Å². The van der Waals surface area contributed by atoms with Crippen molar-refractivity contribution in [1.29, 1.82) is 0 Å². The Labute approximate surface area is 423 Å². The van der Waals surface area contributed by atoms with Crippen LogP contribution in [0.25, 0.3) is 10.9 Å². The summed E-state index contributed by atoms with van der Waals surface area (Å²) in [6.45, 7) is 11.4. The van der Waals surface area contributed by atoms with Crippen molar-refractivity contribution in [3.8, 4) is 40.6 Å². The van der Waals surface area contributed by atoms with Gasteiger partial charge in [-0.1, -0.05) is 38.8 Å². The highest BCUT2D eigenvalue weighted by Crippen LogP contribution is 2.49. The van der Waals surface area contributed by atoms with Gasteiger partial charge in [-0.15, -0.1) is 5.92 Å². The van der Waals surface area contributed by atoms with Crippen LogP contribution in [-0.2, 0) is 47.3 Å². The molecule has 72 heavy (non-hydrogen) atoms. The molecule has 1 N–H and O–H groups in total. The Balaban J connectivity index is 1.33. The second kappa shape index (κ2) is 20.9. The number of carbonyl (C=O) groups excluding carboxylic acids is 2. The van der Waals surface area contributed by atoms with E-state index in [-0.39, 0.29) is 34.8 Å². The van der Waals surface area contributed by atoms with Crippen LogP contribution in [0.5, 0.6) is 28.7 Å². The van der Waals surface area contributed by atoms with E-state index in [4.69, 9.17) is 37.9 Å². The molecule has 384 valence electrons. The van der Waals surface area contributed by atoms with Gasteiger partial charge in [0.05, 0.1) is 64.7 Å². The molecule has 1 saturated carbocycles. The van der Waals surface area contributed by atoms with Gasteiger partial charge in [-0.25, -0.2) is 13.2 Å². The highest BCUT2D eigenvalue weighted by molar-refractivity contribution is 7.92. The Bertz CT molecular complexity index is 3000. The van der Waals surface area contributed by atoms with Gasteiger partial charge in [0, 0.05) is 48.9 Å². The molecule has 5 aromatic rings. The molecule has 1 aliphatic carbocycles. The highest BCUT2D eigenvalue weighted by Gasteiger charge is 2.52. The van der Waals surface area contributed by atoms with E-state index in [1.807, 2.05) is 43.3 Å². The van der Waals surface area contributed by atoms with Crippen molar-refractivity contribution in [3.63, 3.8) is 0 Å². The summed E-state index contributed by atoms with van der Waals surface area (Å²) >= 11 is 0. The van der Waals surface area contributed by atoms with Gasteiger partial charge in [-0.05, 0) is 128 Å². The molecular weight excluding hydrogens is 939 g/mol. The Morgan fingerprint density at radius 2 is 1.49 bits per heavy atom. The van der Waals surface area contributed by atoms with E-state index in [2.05, 4.69) is 54.6 Å². The van der Waals surface area contributed by atoms with Gasteiger partial charge in [0.2, 0.25) is 15.8 Å². The molecule has 1 fully saturated rings. The van der Waals surface area contributed by atoms with Crippen LogP contribution in [-0.4, -0.2) is 106 Å². The molecule has 3 heterocycles. The molecule has 0 saturated heterocycles. The van der Waals surface area contributed by atoms with Crippen molar-refractivity contribution in [2.24, 2.45) is 17.8 Å². The maximum absolute atomic E-state index is 14.7. The maximum atomic E-state index is 14.7. The third-order valence-electron chi connectivity index (χ3n) is 14.7. The number of nitrogens with one attached hydrogen (secondary N) is 1. The Morgan fingerprint density at radius 1 is 0.806 bits per heavy atom. The Hall–Kier alpha value is -6.57. The molecule has 0 amide bonds. The van der Waals surface area contributed by atoms with Gasteiger partial charge in [0.15, 0.2) is 11.5 Å². The standard InChI is InChI=1S/C56H67N3O12S/c1-13-14-38-32(2)44(30-45-39(38)22-24-59(45)72(12,62)63)58-23-21-40-42-28-37(64-6)19-20-43(42)57-51(40)46(70-36-17-15-35(16-18-36)56(3,4)5)29-41-34(31-58)27-49(53(68-10)50(41)55(61)69-11)71-54(60)33-25-47(65-7)52(67-9)48(26-33)66-8/h15-20,25-26,28,30,34,41,46,49-50,53,57H,21-24,27,29,31H2,1-12H3/t34-,41+,46?,49-,50+,53+/m1/s1. The molecule has 6 atom stereocenters. The first-order valence-corrected chi connectivity index (χ1v) is 26.1. The van der Waals surface area contributed by atoms with Gasteiger partial charge in [-0.3, -0.25) is 9.10 Å². The van der Waals surface area contributed by atoms with Crippen molar-refractivity contribution in [2.75, 3.05) is 77.8 Å². The van der Waals surface area contributed by atoms with E-state index in [1.54, 1.807) is 14.0 Å². The van der Waals surface area contributed by atoms with Gasteiger partial charge in [0.1, 0.15) is 29.8 Å². The fourth-order valence-electron chi connectivity index (χ4n) is 11.2. The van der Waals surface area contributed by atoms with Crippen LogP contribution in [0.1, 0.15) is 90.5 Å².